The molecular formula is C12H16F2N2O2S. The van der Waals surface area contributed by atoms with Crippen molar-refractivity contribution >= 4 is 10.0 Å². The Morgan fingerprint density at radius 1 is 1.37 bits per heavy atom. The van der Waals surface area contributed by atoms with E-state index in [-0.39, 0.29) is 12.0 Å². The Labute approximate surface area is 111 Å². The van der Waals surface area contributed by atoms with Crippen LogP contribution in [-0.2, 0) is 16.6 Å². The van der Waals surface area contributed by atoms with Crippen molar-refractivity contribution in [1.29, 1.82) is 0 Å². The third kappa shape index (κ3) is 2.93. The van der Waals surface area contributed by atoms with Crippen LogP contribution in [0.1, 0.15) is 25.3 Å². The Bertz CT molecular complexity index is 598. The van der Waals surface area contributed by atoms with E-state index >= 15 is 0 Å². The number of hydrogen-bond acceptors (Lipinski definition) is 3. The van der Waals surface area contributed by atoms with Gasteiger partial charge in [0.25, 0.3) is 0 Å². The molecule has 0 aromatic heterocycles. The summed E-state index contributed by atoms with van der Waals surface area (Å²) >= 11 is 0. The molecule has 3 N–H and O–H groups in total. The van der Waals surface area contributed by atoms with E-state index in [9.17, 15) is 17.2 Å². The van der Waals surface area contributed by atoms with Crippen LogP contribution in [0.25, 0.3) is 0 Å². The van der Waals surface area contributed by atoms with Crippen molar-refractivity contribution in [2.24, 2.45) is 11.1 Å². The summed E-state index contributed by atoms with van der Waals surface area (Å²) in [5.74, 6) is -1.95. The molecule has 0 saturated heterocycles. The van der Waals surface area contributed by atoms with Crippen LogP contribution in [0.3, 0.4) is 0 Å². The fraction of sp³-hybridized carbons (Fsp3) is 0.500. The number of rotatable bonds is 5. The summed E-state index contributed by atoms with van der Waals surface area (Å²) in [7, 11) is -3.98. The molecule has 0 radical (unpaired) electrons. The molecule has 1 aliphatic rings. The predicted molar refractivity (Wildman–Crippen MR) is 66.8 cm³/mol. The molecule has 1 aromatic carbocycles. The molecule has 2 rings (SSSR count). The van der Waals surface area contributed by atoms with Crippen molar-refractivity contribution in [1.82, 2.24) is 4.72 Å². The number of sulfonamides is 1. The zero-order valence-electron chi connectivity index (χ0n) is 10.5. The SMILES string of the molecule is CC1(CNS(=O)(=O)c2ccc(F)c(CN)c2F)CC1. The van der Waals surface area contributed by atoms with Gasteiger partial charge in [-0.25, -0.2) is 21.9 Å². The Morgan fingerprint density at radius 2 is 2.00 bits per heavy atom. The number of benzene rings is 1. The zero-order valence-corrected chi connectivity index (χ0v) is 11.4. The minimum atomic E-state index is -3.98. The van der Waals surface area contributed by atoms with Gasteiger partial charge in [0, 0.05) is 18.7 Å². The topological polar surface area (TPSA) is 72.2 Å². The van der Waals surface area contributed by atoms with E-state index in [0.29, 0.717) is 0 Å². The second-order valence-corrected chi connectivity index (χ2v) is 6.91. The first-order chi connectivity index (χ1) is 8.79. The first kappa shape index (κ1) is 14.4. The fourth-order valence-electron chi connectivity index (χ4n) is 1.71. The van der Waals surface area contributed by atoms with Crippen LogP contribution in [0.4, 0.5) is 8.78 Å². The average molecular weight is 290 g/mol. The predicted octanol–water partition coefficient (Wildman–Crippen LogP) is 1.50. The van der Waals surface area contributed by atoms with Gasteiger partial charge in [-0.15, -0.1) is 0 Å². The molecule has 0 aliphatic heterocycles. The molecule has 0 unspecified atom stereocenters. The van der Waals surface area contributed by atoms with Crippen LogP contribution >= 0.6 is 0 Å². The molecule has 106 valence electrons. The minimum Gasteiger partial charge on any atom is -0.326 e. The average Bonchev–Trinajstić information content (AvgIpc) is 3.06. The van der Waals surface area contributed by atoms with Crippen molar-refractivity contribution in [2.45, 2.75) is 31.2 Å². The number of hydrogen-bond donors (Lipinski definition) is 2. The Balaban J connectivity index is 2.29. The van der Waals surface area contributed by atoms with Crippen LogP contribution in [0.2, 0.25) is 0 Å². The zero-order chi connectivity index (χ0) is 14.3. The van der Waals surface area contributed by atoms with E-state index in [2.05, 4.69) is 4.72 Å². The quantitative estimate of drug-likeness (QED) is 0.863. The van der Waals surface area contributed by atoms with Crippen LogP contribution in [0.5, 0.6) is 0 Å². The van der Waals surface area contributed by atoms with Gasteiger partial charge in [-0.2, -0.15) is 0 Å². The van der Waals surface area contributed by atoms with Gasteiger partial charge in [0.1, 0.15) is 10.7 Å². The van der Waals surface area contributed by atoms with Gasteiger partial charge in [0.15, 0.2) is 5.82 Å². The van der Waals surface area contributed by atoms with E-state index in [0.717, 1.165) is 25.0 Å². The third-order valence-corrected chi connectivity index (χ3v) is 4.86. The lowest BCUT2D eigenvalue weighted by Crippen LogP contribution is -2.30. The van der Waals surface area contributed by atoms with E-state index in [4.69, 9.17) is 5.73 Å². The van der Waals surface area contributed by atoms with Gasteiger partial charge in [0.05, 0.1) is 0 Å². The van der Waals surface area contributed by atoms with E-state index < -0.39 is 38.7 Å². The fourth-order valence-corrected chi connectivity index (χ4v) is 3.01. The van der Waals surface area contributed by atoms with Crippen LogP contribution < -0.4 is 10.5 Å². The van der Waals surface area contributed by atoms with E-state index in [1.165, 1.54) is 0 Å². The highest BCUT2D eigenvalue weighted by Crippen LogP contribution is 2.44. The van der Waals surface area contributed by atoms with Crippen molar-refractivity contribution in [3.05, 3.63) is 29.3 Å². The molecule has 0 atom stereocenters. The number of halogens is 2. The Hall–Kier alpha value is -1.05. The standard InChI is InChI=1S/C12H16F2N2O2S/c1-12(4-5-12)7-16-19(17,18)10-3-2-9(13)8(6-15)11(10)14/h2-3,16H,4-7,15H2,1H3. The molecule has 0 bridgehead atoms. The lowest BCUT2D eigenvalue weighted by molar-refractivity contribution is 0.511. The maximum Gasteiger partial charge on any atom is 0.243 e. The maximum atomic E-state index is 13.9. The molecule has 1 aromatic rings. The highest BCUT2D eigenvalue weighted by atomic mass is 32.2. The molecule has 4 nitrogen and oxygen atoms in total. The lowest BCUT2D eigenvalue weighted by atomic mass is 10.2. The molecule has 0 heterocycles. The summed E-state index contributed by atoms with van der Waals surface area (Å²) in [5, 5.41) is 0. The van der Waals surface area contributed by atoms with Crippen molar-refractivity contribution in [2.75, 3.05) is 6.54 Å². The lowest BCUT2D eigenvalue weighted by Gasteiger charge is -2.13. The molecule has 1 saturated carbocycles. The second kappa shape index (κ2) is 4.81. The second-order valence-electron chi connectivity index (χ2n) is 5.18. The molecule has 1 aliphatic carbocycles. The largest absolute Gasteiger partial charge is 0.326 e. The van der Waals surface area contributed by atoms with E-state index in [1.807, 2.05) is 6.92 Å². The summed E-state index contributed by atoms with van der Waals surface area (Å²) in [4.78, 5) is -0.557. The van der Waals surface area contributed by atoms with Gasteiger partial charge in [-0.1, -0.05) is 6.92 Å². The molecule has 0 spiro atoms. The Morgan fingerprint density at radius 3 is 2.53 bits per heavy atom. The minimum absolute atomic E-state index is 0.0414. The third-order valence-electron chi connectivity index (χ3n) is 3.44. The summed E-state index contributed by atoms with van der Waals surface area (Å²) in [6, 6.07) is 1.83. The summed E-state index contributed by atoms with van der Waals surface area (Å²) in [6.07, 6.45) is 1.88. The number of nitrogens with two attached hydrogens (primary N) is 1. The molecule has 19 heavy (non-hydrogen) atoms. The Kier molecular flexibility index (Phi) is 3.63. The van der Waals surface area contributed by atoms with Crippen LogP contribution in [0, 0.1) is 17.0 Å². The van der Waals surface area contributed by atoms with Gasteiger partial charge >= 0.3 is 0 Å². The molecule has 0 amide bonds. The first-order valence-corrected chi connectivity index (χ1v) is 7.44. The van der Waals surface area contributed by atoms with Crippen LogP contribution in [-0.4, -0.2) is 15.0 Å². The van der Waals surface area contributed by atoms with Crippen LogP contribution in [0.15, 0.2) is 17.0 Å². The number of nitrogens with one attached hydrogen (secondary N) is 1. The first-order valence-electron chi connectivity index (χ1n) is 5.96. The molecular weight excluding hydrogens is 274 g/mol. The van der Waals surface area contributed by atoms with Gasteiger partial charge in [0.2, 0.25) is 10.0 Å². The summed E-state index contributed by atoms with van der Waals surface area (Å²) in [5.41, 5.74) is 4.76. The summed E-state index contributed by atoms with van der Waals surface area (Å²) < 4.78 is 53.5. The normalized spacial score (nSPS) is 17.5. The van der Waals surface area contributed by atoms with Crippen molar-refractivity contribution in [3.8, 4) is 0 Å². The van der Waals surface area contributed by atoms with E-state index in [1.54, 1.807) is 0 Å². The highest BCUT2D eigenvalue weighted by Gasteiger charge is 2.38. The smallest absolute Gasteiger partial charge is 0.243 e. The van der Waals surface area contributed by atoms with Gasteiger partial charge < -0.3 is 5.73 Å². The summed E-state index contributed by atoms with van der Waals surface area (Å²) in [6.45, 7) is 1.81. The van der Waals surface area contributed by atoms with Crippen molar-refractivity contribution in [3.63, 3.8) is 0 Å². The monoisotopic (exact) mass is 290 g/mol. The van der Waals surface area contributed by atoms with Gasteiger partial charge in [-0.3, -0.25) is 0 Å². The highest BCUT2D eigenvalue weighted by molar-refractivity contribution is 7.89. The maximum absolute atomic E-state index is 13.9. The molecule has 1 fully saturated rings. The van der Waals surface area contributed by atoms with Crippen molar-refractivity contribution < 1.29 is 17.2 Å². The molecule has 7 heteroatoms. The van der Waals surface area contributed by atoms with Gasteiger partial charge in [-0.05, 0) is 30.4 Å².